The highest BCUT2D eigenvalue weighted by atomic mass is 19.1. The van der Waals surface area contributed by atoms with Crippen molar-refractivity contribution in [3.63, 3.8) is 0 Å². The van der Waals surface area contributed by atoms with Gasteiger partial charge in [-0.3, -0.25) is 14.3 Å². The number of halogens is 1. The number of fused-ring (bicyclic) bond motifs is 2. The number of amides is 2. The van der Waals surface area contributed by atoms with Gasteiger partial charge < -0.3 is 25.2 Å². The van der Waals surface area contributed by atoms with E-state index in [0.29, 0.717) is 35.1 Å². The normalized spacial score (nSPS) is 19.4. The number of rotatable bonds is 7. The van der Waals surface area contributed by atoms with Crippen molar-refractivity contribution in [3.8, 4) is 6.01 Å². The first-order valence-corrected chi connectivity index (χ1v) is 13.9. The van der Waals surface area contributed by atoms with Gasteiger partial charge in [0.05, 0.1) is 17.6 Å². The van der Waals surface area contributed by atoms with E-state index in [4.69, 9.17) is 4.74 Å². The number of benzene rings is 2. The minimum absolute atomic E-state index is 0.122. The third kappa shape index (κ3) is 5.51. The van der Waals surface area contributed by atoms with Crippen LogP contribution in [0.5, 0.6) is 6.01 Å². The van der Waals surface area contributed by atoms with Gasteiger partial charge in [0.25, 0.3) is 5.91 Å². The lowest BCUT2D eigenvalue weighted by Gasteiger charge is -2.38. The Hall–Kier alpha value is -4.32. The molecule has 2 amide bonds. The molecular weight excluding hydrogens is 527 g/mol. The summed E-state index contributed by atoms with van der Waals surface area (Å²) in [5.41, 5.74) is 2.23. The number of piperazine rings is 1. The van der Waals surface area contributed by atoms with Crippen LogP contribution in [-0.4, -0.2) is 81.3 Å². The van der Waals surface area contributed by atoms with Crippen molar-refractivity contribution < 1.29 is 18.7 Å². The van der Waals surface area contributed by atoms with Gasteiger partial charge in [0.2, 0.25) is 5.91 Å². The highest BCUT2D eigenvalue weighted by molar-refractivity contribution is 6.14. The fraction of sp³-hybridized carbons (Fsp3) is 0.414. The Kier molecular flexibility index (Phi) is 7.16. The smallest absolute Gasteiger partial charge is 0.317 e. The van der Waals surface area contributed by atoms with Crippen LogP contribution >= 0.6 is 0 Å². The minimum Gasteiger partial charge on any atom is -0.462 e. The number of anilines is 2. The summed E-state index contributed by atoms with van der Waals surface area (Å²) in [5, 5.41) is 11.8. The summed E-state index contributed by atoms with van der Waals surface area (Å²) in [7, 11) is 1.72. The molecule has 2 atom stereocenters. The third-order valence-corrected chi connectivity index (χ3v) is 7.55. The SMILES string of the molecule is CC1CN(c2ccc(C(=O)Nc3cc(F)c4nn(C)cc4c3)c3nc(OCCN4CCCC4=O)ncc23)CC(C)N1. The van der Waals surface area contributed by atoms with Gasteiger partial charge in [-0.05, 0) is 44.5 Å². The first-order chi connectivity index (χ1) is 19.7. The van der Waals surface area contributed by atoms with Crippen molar-refractivity contribution in [2.45, 2.75) is 38.8 Å². The number of nitrogens with zero attached hydrogens (tertiary/aromatic N) is 6. The number of carbonyl (C=O) groups excluding carboxylic acids is 2. The van der Waals surface area contributed by atoms with Crippen LogP contribution in [0.2, 0.25) is 0 Å². The van der Waals surface area contributed by atoms with E-state index >= 15 is 0 Å². The summed E-state index contributed by atoms with van der Waals surface area (Å²) in [6.45, 7) is 7.27. The lowest BCUT2D eigenvalue weighted by atomic mass is 10.0. The zero-order valence-electron chi connectivity index (χ0n) is 23.4. The molecule has 2 aromatic carbocycles. The van der Waals surface area contributed by atoms with Crippen molar-refractivity contribution >= 4 is 45.0 Å². The Morgan fingerprint density at radius 2 is 2.00 bits per heavy atom. The first-order valence-electron chi connectivity index (χ1n) is 13.9. The van der Waals surface area contributed by atoms with Crippen LogP contribution in [0, 0.1) is 5.82 Å². The minimum atomic E-state index is -0.518. The summed E-state index contributed by atoms with van der Waals surface area (Å²) in [6, 6.07) is 7.29. The molecule has 6 rings (SSSR count). The number of aryl methyl sites for hydroxylation is 1. The summed E-state index contributed by atoms with van der Waals surface area (Å²) in [6.07, 6.45) is 4.80. The molecule has 0 aliphatic carbocycles. The monoisotopic (exact) mass is 560 g/mol. The van der Waals surface area contributed by atoms with Crippen molar-refractivity contribution in [3.05, 3.63) is 48.0 Å². The van der Waals surface area contributed by atoms with Crippen LogP contribution in [0.25, 0.3) is 21.8 Å². The molecule has 0 saturated carbocycles. The fourth-order valence-corrected chi connectivity index (χ4v) is 5.81. The van der Waals surface area contributed by atoms with Gasteiger partial charge in [0, 0.05) is 79.7 Å². The van der Waals surface area contributed by atoms with Crippen LogP contribution in [-0.2, 0) is 11.8 Å². The van der Waals surface area contributed by atoms with Gasteiger partial charge in [-0.25, -0.2) is 9.37 Å². The number of aromatic nitrogens is 4. The molecule has 12 heteroatoms. The second-order valence-electron chi connectivity index (χ2n) is 10.9. The van der Waals surface area contributed by atoms with Crippen LogP contribution in [0.1, 0.15) is 37.0 Å². The number of nitrogens with one attached hydrogen (secondary N) is 2. The van der Waals surface area contributed by atoms with Crippen LogP contribution in [0.4, 0.5) is 15.8 Å². The van der Waals surface area contributed by atoms with E-state index in [9.17, 15) is 14.0 Å². The number of hydrogen-bond acceptors (Lipinski definition) is 8. The van der Waals surface area contributed by atoms with E-state index in [-0.39, 0.29) is 36.1 Å². The molecule has 4 heterocycles. The third-order valence-electron chi connectivity index (χ3n) is 7.55. The van der Waals surface area contributed by atoms with Gasteiger partial charge in [0.15, 0.2) is 5.82 Å². The van der Waals surface area contributed by atoms with Gasteiger partial charge in [-0.1, -0.05) is 0 Å². The van der Waals surface area contributed by atoms with E-state index in [1.165, 1.54) is 10.7 Å². The van der Waals surface area contributed by atoms with E-state index in [1.807, 2.05) is 6.07 Å². The lowest BCUT2D eigenvalue weighted by Crippen LogP contribution is -2.54. The lowest BCUT2D eigenvalue weighted by molar-refractivity contribution is -0.128. The molecule has 0 spiro atoms. The van der Waals surface area contributed by atoms with Crippen LogP contribution in [0.15, 0.2) is 36.7 Å². The number of carbonyl (C=O) groups is 2. The van der Waals surface area contributed by atoms with Gasteiger partial charge in [-0.15, -0.1) is 0 Å². The second kappa shape index (κ2) is 10.9. The predicted molar refractivity (Wildman–Crippen MR) is 154 cm³/mol. The summed E-state index contributed by atoms with van der Waals surface area (Å²) in [4.78, 5) is 38.7. The van der Waals surface area contributed by atoms with Crippen LogP contribution < -0.4 is 20.3 Å². The molecule has 214 valence electrons. The van der Waals surface area contributed by atoms with E-state index < -0.39 is 11.7 Å². The van der Waals surface area contributed by atoms with E-state index in [0.717, 1.165) is 37.1 Å². The molecule has 2 aromatic heterocycles. The highest BCUT2D eigenvalue weighted by Gasteiger charge is 2.25. The van der Waals surface area contributed by atoms with Crippen molar-refractivity contribution in [1.82, 2.24) is 30.0 Å². The molecule has 4 aromatic rings. The van der Waals surface area contributed by atoms with Gasteiger partial charge >= 0.3 is 6.01 Å². The number of ether oxygens (including phenoxy) is 1. The van der Waals surface area contributed by atoms with Gasteiger partial charge in [0.1, 0.15) is 12.1 Å². The highest BCUT2D eigenvalue weighted by Crippen LogP contribution is 2.31. The molecule has 2 N–H and O–H groups in total. The molecule has 2 unspecified atom stereocenters. The Morgan fingerprint density at radius 1 is 1.20 bits per heavy atom. The molecule has 2 aliphatic heterocycles. The average Bonchev–Trinajstić information content (AvgIpc) is 3.51. The zero-order valence-corrected chi connectivity index (χ0v) is 23.4. The maximum atomic E-state index is 14.7. The topological polar surface area (TPSA) is 118 Å². The molecule has 2 aliphatic rings. The van der Waals surface area contributed by atoms with E-state index in [2.05, 4.69) is 44.4 Å². The number of likely N-dealkylation sites (tertiary alicyclic amines) is 1. The van der Waals surface area contributed by atoms with E-state index in [1.54, 1.807) is 36.5 Å². The Morgan fingerprint density at radius 3 is 2.76 bits per heavy atom. The molecular formula is C29H33FN8O3. The molecule has 41 heavy (non-hydrogen) atoms. The Labute approximate surface area is 236 Å². The summed E-state index contributed by atoms with van der Waals surface area (Å²) in [5.74, 6) is -0.828. The molecule has 0 radical (unpaired) electrons. The van der Waals surface area contributed by atoms with Crippen molar-refractivity contribution in [2.75, 3.05) is 43.0 Å². The fourth-order valence-electron chi connectivity index (χ4n) is 5.81. The first kappa shape index (κ1) is 26.9. The maximum Gasteiger partial charge on any atom is 0.317 e. The molecule has 2 fully saturated rings. The summed E-state index contributed by atoms with van der Waals surface area (Å²) < 4.78 is 22.1. The largest absolute Gasteiger partial charge is 0.462 e. The number of hydrogen-bond donors (Lipinski definition) is 2. The summed E-state index contributed by atoms with van der Waals surface area (Å²) >= 11 is 0. The molecule has 0 bridgehead atoms. The maximum absolute atomic E-state index is 14.7. The van der Waals surface area contributed by atoms with Gasteiger partial charge in [-0.2, -0.15) is 10.1 Å². The predicted octanol–water partition coefficient (Wildman–Crippen LogP) is 3.10. The van der Waals surface area contributed by atoms with Crippen molar-refractivity contribution in [1.29, 1.82) is 0 Å². The van der Waals surface area contributed by atoms with Crippen molar-refractivity contribution in [2.24, 2.45) is 7.05 Å². The molecule has 11 nitrogen and oxygen atoms in total. The van der Waals surface area contributed by atoms with Crippen LogP contribution in [0.3, 0.4) is 0 Å². The Balaban J connectivity index is 1.32. The second-order valence-corrected chi connectivity index (χ2v) is 10.9. The molecule has 2 saturated heterocycles. The average molecular weight is 561 g/mol. The zero-order chi connectivity index (χ0) is 28.7. The standard InChI is InChI=1S/C29H33FN8O3/c1-17-14-38(15-18(2)32-17)24-7-6-21(28(40)33-20-11-19-16-36(3)35-26(19)23(30)12-20)27-22(24)13-31-29(34-27)41-10-9-37-8-4-5-25(37)39/h6-7,11-13,16-18,32H,4-5,8-10,14-15H2,1-3H3,(H,33,40). The quantitative estimate of drug-likeness (QED) is 0.354. The Bertz CT molecular complexity index is 1630.